The van der Waals surface area contributed by atoms with Crippen molar-refractivity contribution < 1.29 is 14.3 Å². The fourth-order valence-electron chi connectivity index (χ4n) is 4.35. The number of aromatic nitrogens is 3. The minimum Gasteiger partial charge on any atom is -0.454 e. The van der Waals surface area contributed by atoms with E-state index in [0.29, 0.717) is 23.7 Å². The second-order valence-corrected chi connectivity index (χ2v) is 8.14. The van der Waals surface area contributed by atoms with Gasteiger partial charge in [-0.3, -0.25) is 14.7 Å². The number of aryl methyl sites for hydroxylation is 1. The van der Waals surface area contributed by atoms with Crippen LogP contribution < -0.4 is 14.8 Å². The molecule has 0 saturated carbocycles. The van der Waals surface area contributed by atoms with Crippen molar-refractivity contribution in [2.45, 2.75) is 25.7 Å². The van der Waals surface area contributed by atoms with Crippen LogP contribution >= 0.6 is 0 Å². The normalized spacial score (nSPS) is 17.8. The molecule has 2 aliphatic rings. The fraction of sp³-hybridized carbons (Fsp3) is 0.333. The molecule has 1 atom stereocenters. The number of anilines is 1. The summed E-state index contributed by atoms with van der Waals surface area (Å²) in [6.45, 7) is 4.13. The van der Waals surface area contributed by atoms with Crippen LogP contribution in [0.5, 0.6) is 11.5 Å². The molecule has 1 aromatic carbocycles. The largest absolute Gasteiger partial charge is 0.454 e. The SMILES string of the molecule is Cc1ncc(-c2ccncc2)c(C2CCCN(CC(=O)Nc3ccc4c(c3)OCO4)C2)n1. The summed E-state index contributed by atoms with van der Waals surface area (Å²) in [5, 5.41) is 2.97. The predicted molar refractivity (Wildman–Crippen MR) is 120 cm³/mol. The van der Waals surface area contributed by atoms with Crippen LogP contribution in [-0.2, 0) is 4.79 Å². The number of pyridine rings is 1. The molecule has 1 saturated heterocycles. The van der Waals surface area contributed by atoms with E-state index < -0.39 is 0 Å². The van der Waals surface area contributed by atoms with E-state index >= 15 is 0 Å². The molecular formula is C24H25N5O3. The van der Waals surface area contributed by atoms with Crippen LogP contribution in [-0.4, -0.2) is 52.2 Å². The summed E-state index contributed by atoms with van der Waals surface area (Å²) < 4.78 is 10.7. The summed E-state index contributed by atoms with van der Waals surface area (Å²) in [5.74, 6) is 2.32. The second-order valence-electron chi connectivity index (χ2n) is 8.14. The number of nitrogens with zero attached hydrogens (tertiary/aromatic N) is 4. The maximum absolute atomic E-state index is 12.7. The molecule has 1 unspecified atom stereocenters. The highest BCUT2D eigenvalue weighted by atomic mass is 16.7. The van der Waals surface area contributed by atoms with Gasteiger partial charge in [-0.25, -0.2) is 9.97 Å². The Morgan fingerprint density at radius 2 is 2.03 bits per heavy atom. The standard InChI is InChI=1S/C24H25N5O3/c1-16-26-12-20(17-6-8-25-9-7-17)24(27-16)18-3-2-10-29(13-18)14-23(30)28-19-4-5-21-22(11-19)32-15-31-21/h4-9,11-12,18H,2-3,10,13-15H2,1H3,(H,28,30). The Balaban J connectivity index is 1.28. The van der Waals surface area contributed by atoms with Crippen LogP contribution in [0.4, 0.5) is 5.69 Å². The Morgan fingerprint density at radius 3 is 2.91 bits per heavy atom. The molecular weight excluding hydrogens is 406 g/mol. The molecule has 5 rings (SSSR count). The number of likely N-dealkylation sites (tertiary alicyclic amines) is 1. The maximum atomic E-state index is 12.7. The summed E-state index contributed by atoms with van der Waals surface area (Å²) in [6, 6.07) is 9.40. The summed E-state index contributed by atoms with van der Waals surface area (Å²) in [6.07, 6.45) is 7.52. The monoisotopic (exact) mass is 431 g/mol. The molecule has 4 heterocycles. The van der Waals surface area contributed by atoms with Crippen LogP contribution in [0.3, 0.4) is 0 Å². The molecule has 8 heteroatoms. The lowest BCUT2D eigenvalue weighted by Gasteiger charge is -2.32. The highest BCUT2D eigenvalue weighted by Gasteiger charge is 2.26. The highest BCUT2D eigenvalue weighted by molar-refractivity contribution is 5.92. The number of hydrogen-bond acceptors (Lipinski definition) is 7. The number of piperidine rings is 1. The number of rotatable bonds is 5. The van der Waals surface area contributed by atoms with Gasteiger partial charge in [0.05, 0.1) is 12.2 Å². The van der Waals surface area contributed by atoms with Crippen molar-refractivity contribution in [3.05, 3.63) is 60.4 Å². The van der Waals surface area contributed by atoms with Gasteiger partial charge in [0.25, 0.3) is 0 Å². The fourth-order valence-corrected chi connectivity index (χ4v) is 4.35. The van der Waals surface area contributed by atoms with E-state index in [-0.39, 0.29) is 18.6 Å². The number of amides is 1. The second kappa shape index (κ2) is 8.92. The smallest absolute Gasteiger partial charge is 0.238 e. The van der Waals surface area contributed by atoms with E-state index in [2.05, 4.69) is 20.2 Å². The van der Waals surface area contributed by atoms with E-state index in [1.54, 1.807) is 18.5 Å². The minimum absolute atomic E-state index is 0.0438. The third-order valence-corrected chi connectivity index (χ3v) is 5.85. The molecule has 0 radical (unpaired) electrons. The molecule has 0 spiro atoms. The molecule has 8 nitrogen and oxygen atoms in total. The first-order chi connectivity index (χ1) is 15.7. The summed E-state index contributed by atoms with van der Waals surface area (Å²) in [4.78, 5) is 28.3. The van der Waals surface area contributed by atoms with Gasteiger partial charge in [-0.1, -0.05) is 0 Å². The van der Waals surface area contributed by atoms with Gasteiger partial charge in [0, 0.05) is 48.4 Å². The number of carbonyl (C=O) groups excluding carboxylic acids is 1. The third-order valence-electron chi connectivity index (χ3n) is 5.85. The molecule has 3 aromatic rings. The molecule has 2 aliphatic heterocycles. The average Bonchev–Trinajstić information content (AvgIpc) is 3.28. The number of carbonyl (C=O) groups is 1. The Bertz CT molecular complexity index is 1120. The molecule has 0 bridgehead atoms. The Labute approximate surface area is 186 Å². The zero-order valence-corrected chi connectivity index (χ0v) is 18.0. The lowest BCUT2D eigenvalue weighted by Crippen LogP contribution is -2.40. The Kier molecular flexibility index (Phi) is 5.68. The van der Waals surface area contributed by atoms with Crippen molar-refractivity contribution in [1.82, 2.24) is 19.9 Å². The zero-order valence-electron chi connectivity index (χ0n) is 18.0. The van der Waals surface area contributed by atoms with Gasteiger partial charge < -0.3 is 14.8 Å². The number of nitrogens with one attached hydrogen (secondary N) is 1. The predicted octanol–water partition coefficient (Wildman–Crippen LogP) is 3.39. The first kappa shape index (κ1) is 20.4. The first-order valence-corrected chi connectivity index (χ1v) is 10.8. The first-order valence-electron chi connectivity index (χ1n) is 10.8. The van der Waals surface area contributed by atoms with Crippen LogP contribution in [0.1, 0.15) is 30.3 Å². The number of fused-ring (bicyclic) bond motifs is 1. The molecule has 32 heavy (non-hydrogen) atoms. The molecule has 2 aromatic heterocycles. The minimum atomic E-state index is -0.0438. The summed E-state index contributed by atoms with van der Waals surface area (Å²) in [5.41, 5.74) is 3.85. The maximum Gasteiger partial charge on any atom is 0.238 e. The van der Waals surface area contributed by atoms with E-state index in [4.69, 9.17) is 14.5 Å². The molecule has 164 valence electrons. The number of benzene rings is 1. The van der Waals surface area contributed by atoms with Crippen molar-refractivity contribution in [3.8, 4) is 22.6 Å². The van der Waals surface area contributed by atoms with Gasteiger partial charge in [0.15, 0.2) is 11.5 Å². The van der Waals surface area contributed by atoms with Gasteiger partial charge in [0.2, 0.25) is 12.7 Å². The quantitative estimate of drug-likeness (QED) is 0.662. The lowest BCUT2D eigenvalue weighted by atomic mass is 9.90. The van der Waals surface area contributed by atoms with Crippen LogP contribution in [0, 0.1) is 6.92 Å². The van der Waals surface area contributed by atoms with E-state index in [9.17, 15) is 4.79 Å². The topological polar surface area (TPSA) is 89.5 Å². The van der Waals surface area contributed by atoms with Gasteiger partial charge in [0.1, 0.15) is 5.82 Å². The zero-order chi connectivity index (χ0) is 21.9. The summed E-state index contributed by atoms with van der Waals surface area (Å²) >= 11 is 0. The third kappa shape index (κ3) is 4.40. The van der Waals surface area contributed by atoms with Gasteiger partial charge in [-0.15, -0.1) is 0 Å². The number of hydrogen-bond donors (Lipinski definition) is 1. The average molecular weight is 431 g/mol. The molecule has 1 N–H and O–H groups in total. The lowest BCUT2D eigenvalue weighted by molar-refractivity contribution is -0.117. The van der Waals surface area contributed by atoms with Crippen LogP contribution in [0.15, 0.2) is 48.9 Å². The Hall–Kier alpha value is -3.52. The van der Waals surface area contributed by atoms with E-state index in [1.165, 1.54) is 0 Å². The van der Waals surface area contributed by atoms with E-state index in [1.807, 2.05) is 37.4 Å². The van der Waals surface area contributed by atoms with Crippen molar-refractivity contribution in [3.63, 3.8) is 0 Å². The Morgan fingerprint density at radius 1 is 1.19 bits per heavy atom. The highest BCUT2D eigenvalue weighted by Crippen LogP contribution is 2.35. The van der Waals surface area contributed by atoms with Crippen molar-refractivity contribution >= 4 is 11.6 Å². The van der Waals surface area contributed by atoms with Crippen molar-refractivity contribution in [2.75, 3.05) is 31.7 Å². The van der Waals surface area contributed by atoms with Gasteiger partial charge in [-0.05, 0) is 56.1 Å². The van der Waals surface area contributed by atoms with E-state index in [0.717, 1.165) is 48.6 Å². The van der Waals surface area contributed by atoms with Crippen molar-refractivity contribution in [2.24, 2.45) is 0 Å². The molecule has 1 fully saturated rings. The van der Waals surface area contributed by atoms with Crippen LogP contribution in [0.2, 0.25) is 0 Å². The number of ether oxygens (including phenoxy) is 2. The molecule has 1 amide bonds. The van der Waals surface area contributed by atoms with Crippen LogP contribution in [0.25, 0.3) is 11.1 Å². The molecule has 0 aliphatic carbocycles. The summed E-state index contributed by atoms with van der Waals surface area (Å²) in [7, 11) is 0. The van der Waals surface area contributed by atoms with Crippen molar-refractivity contribution in [1.29, 1.82) is 0 Å². The van der Waals surface area contributed by atoms with Gasteiger partial charge >= 0.3 is 0 Å². The van der Waals surface area contributed by atoms with Gasteiger partial charge in [-0.2, -0.15) is 0 Å².